The van der Waals surface area contributed by atoms with Crippen molar-refractivity contribution < 1.29 is 23.1 Å². The lowest BCUT2D eigenvalue weighted by Gasteiger charge is -2.39. The predicted molar refractivity (Wildman–Crippen MR) is 133 cm³/mol. The third-order valence-electron chi connectivity index (χ3n) is 7.12. The van der Waals surface area contributed by atoms with E-state index in [0.29, 0.717) is 24.6 Å². The normalized spacial score (nSPS) is 17.6. The maximum atomic E-state index is 13.7. The topological polar surface area (TPSA) is 71.8 Å². The quantitative estimate of drug-likeness (QED) is 0.481. The molecule has 1 aromatic heterocycles. The Bertz CT molecular complexity index is 1230. The van der Waals surface area contributed by atoms with E-state index < -0.39 is 0 Å². The first-order chi connectivity index (χ1) is 17.5. The number of hydrogen-bond donors (Lipinski definition) is 1. The van der Waals surface area contributed by atoms with E-state index in [0.717, 1.165) is 48.8 Å². The van der Waals surface area contributed by atoms with Crippen molar-refractivity contribution in [3.8, 4) is 5.75 Å². The highest BCUT2D eigenvalue weighted by Crippen LogP contribution is 2.39. The molecule has 188 valence electrons. The maximum absolute atomic E-state index is 13.7. The molecular weight excluding hydrogens is 459 g/mol. The number of amides is 2. The van der Waals surface area contributed by atoms with Crippen molar-refractivity contribution in [3.05, 3.63) is 88.6 Å². The fourth-order valence-electron chi connectivity index (χ4n) is 5.31. The predicted octanol–water partition coefficient (Wildman–Crippen LogP) is 5.41. The summed E-state index contributed by atoms with van der Waals surface area (Å²) in [4.78, 5) is 27.5. The number of nitrogens with zero attached hydrogens (tertiary/aromatic N) is 1. The highest BCUT2D eigenvalue weighted by molar-refractivity contribution is 5.91. The Balaban J connectivity index is 1.40. The molecule has 0 radical (unpaired) electrons. The first-order valence-corrected chi connectivity index (χ1v) is 12.7. The Morgan fingerprint density at radius 1 is 1.08 bits per heavy atom. The van der Waals surface area contributed by atoms with Crippen molar-refractivity contribution in [2.75, 3.05) is 13.1 Å². The van der Waals surface area contributed by atoms with Gasteiger partial charge in [0.1, 0.15) is 23.9 Å². The van der Waals surface area contributed by atoms with Crippen LogP contribution in [0.4, 0.5) is 4.39 Å². The van der Waals surface area contributed by atoms with Crippen molar-refractivity contribution >= 4 is 11.8 Å². The number of rotatable bonds is 7. The zero-order valence-corrected chi connectivity index (χ0v) is 20.5. The molecule has 0 saturated heterocycles. The van der Waals surface area contributed by atoms with Crippen LogP contribution in [-0.4, -0.2) is 29.8 Å². The number of benzene rings is 2. The van der Waals surface area contributed by atoms with E-state index in [2.05, 4.69) is 5.32 Å². The van der Waals surface area contributed by atoms with Gasteiger partial charge in [-0.3, -0.25) is 9.59 Å². The molecule has 7 heteroatoms. The number of furan rings is 1. The second-order valence-electron chi connectivity index (χ2n) is 9.49. The third kappa shape index (κ3) is 5.01. The number of carbonyl (C=O) groups excluding carboxylic acids is 2. The van der Waals surface area contributed by atoms with Gasteiger partial charge in [0.2, 0.25) is 5.91 Å². The summed E-state index contributed by atoms with van der Waals surface area (Å²) in [6.45, 7) is 3.18. The lowest BCUT2D eigenvalue weighted by molar-refractivity contribution is -0.137. The average Bonchev–Trinajstić information content (AvgIpc) is 3.60. The van der Waals surface area contributed by atoms with Gasteiger partial charge in [-0.2, -0.15) is 0 Å². The molecule has 0 bridgehead atoms. The molecule has 5 rings (SSSR count). The number of hydrogen-bond acceptors (Lipinski definition) is 4. The summed E-state index contributed by atoms with van der Waals surface area (Å²) >= 11 is 0. The Morgan fingerprint density at radius 3 is 2.61 bits per heavy atom. The smallest absolute Gasteiger partial charge is 0.286 e. The zero-order chi connectivity index (χ0) is 25.1. The molecule has 1 saturated carbocycles. The molecule has 1 aliphatic carbocycles. The van der Waals surface area contributed by atoms with Crippen molar-refractivity contribution in [3.63, 3.8) is 0 Å². The number of halogens is 1. The van der Waals surface area contributed by atoms with Crippen LogP contribution in [0.15, 0.2) is 59.0 Å². The molecule has 0 unspecified atom stereocenters. The molecule has 2 aromatic carbocycles. The van der Waals surface area contributed by atoms with Crippen LogP contribution in [0.2, 0.25) is 0 Å². The summed E-state index contributed by atoms with van der Waals surface area (Å²) in [5, 5.41) is 2.71. The van der Waals surface area contributed by atoms with Gasteiger partial charge in [-0.1, -0.05) is 31.0 Å². The molecule has 2 heterocycles. The van der Waals surface area contributed by atoms with Crippen molar-refractivity contribution in [2.45, 2.75) is 51.7 Å². The monoisotopic (exact) mass is 490 g/mol. The van der Waals surface area contributed by atoms with Gasteiger partial charge in [-0.25, -0.2) is 4.39 Å². The second-order valence-corrected chi connectivity index (χ2v) is 9.49. The molecule has 1 atom stereocenters. The molecule has 1 N–H and O–H groups in total. The van der Waals surface area contributed by atoms with Crippen LogP contribution in [-0.2, 0) is 17.8 Å². The molecule has 0 spiro atoms. The number of ether oxygens (including phenoxy) is 1. The zero-order valence-electron chi connectivity index (χ0n) is 20.5. The molecule has 2 aliphatic rings. The molecular formula is C29H31FN2O4. The number of fused-ring (bicyclic) bond motifs is 1. The highest BCUT2D eigenvalue weighted by Gasteiger charge is 2.36. The lowest BCUT2D eigenvalue weighted by atomic mass is 9.87. The lowest BCUT2D eigenvalue weighted by Crippen LogP contribution is -2.43. The summed E-state index contributed by atoms with van der Waals surface area (Å²) in [7, 11) is 0. The molecule has 3 aromatic rings. The largest absolute Gasteiger partial charge is 0.486 e. The third-order valence-corrected chi connectivity index (χ3v) is 7.12. The van der Waals surface area contributed by atoms with E-state index in [4.69, 9.17) is 9.15 Å². The Labute approximate surface area is 210 Å². The minimum atomic E-state index is -0.300. The second kappa shape index (κ2) is 10.6. The van der Waals surface area contributed by atoms with Gasteiger partial charge >= 0.3 is 0 Å². The maximum Gasteiger partial charge on any atom is 0.286 e. The highest BCUT2D eigenvalue weighted by atomic mass is 19.1. The van der Waals surface area contributed by atoms with Gasteiger partial charge in [0.05, 0.1) is 6.04 Å². The van der Waals surface area contributed by atoms with Gasteiger partial charge in [0.15, 0.2) is 5.76 Å². The molecule has 36 heavy (non-hydrogen) atoms. The summed E-state index contributed by atoms with van der Waals surface area (Å²) in [6, 6.07) is 15.4. The SMILES string of the molecule is CCNC(=O)c1ccc(COc2ccc3c(c2)[C@@H](c2ccc(F)cc2)N(C(=O)C2CCCC2)CC3)o1. The van der Waals surface area contributed by atoms with Crippen LogP contribution in [0.5, 0.6) is 5.75 Å². The van der Waals surface area contributed by atoms with Gasteiger partial charge in [0, 0.05) is 19.0 Å². The number of carbonyl (C=O) groups is 2. The molecule has 6 nitrogen and oxygen atoms in total. The molecule has 2 amide bonds. The van der Waals surface area contributed by atoms with E-state index >= 15 is 0 Å². The summed E-state index contributed by atoms with van der Waals surface area (Å²) in [6.07, 6.45) is 4.81. The first kappa shape index (κ1) is 24.1. The van der Waals surface area contributed by atoms with Crippen LogP contribution in [0, 0.1) is 11.7 Å². The standard InChI is InChI=1S/C29H31FN2O4/c1-2-31-28(33)26-14-13-24(36-26)18-35-23-12-9-19-15-16-32(29(34)21-5-3-4-6-21)27(25(19)17-23)20-7-10-22(30)11-8-20/h7-14,17,21,27H,2-6,15-16,18H2,1H3,(H,31,33)/t27-/m1/s1. The van der Waals surface area contributed by atoms with E-state index in [1.165, 1.54) is 12.1 Å². The Hall–Kier alpha value is -3.61. The number of nitrogens with one attached hydrogen (secondary N) is 1. The van der Waals surface area contributed by atoms with Crippen LogP contribution in [0.3, 0.4) is 0 Å². The van der Waals surface area contributed by atoms with E-state index in [1.807, 2.05) is 30.0 Å². The van der Waals surface area contributed by atoms with Gasteiger partial charge in [-0.05, 0) is 79.3 Å². The van der Waals surface area contributed by atoms with Crippen molar-refractivity contribution in [1.82, 2.24) is 10.2 Å². The van der Waals surface area contributed by atoms with Crippen LogP contribution in [0.25, 0.3) is 0 Å². The van der Waals surface area contributed by atoms with Crippen molar-refractivity contribution in [1.29, 1.82) is 0 Å². The summed E-state index contributed by atoms with van der Waals surface area (Å²) < 4.78 is 25.4. The van der Waals surface area contributed by atoms with Crippen molar-refractivity contribution in [2.24, 2.45) is 5.92 Å². The Morgan fingerprint density at radius 2 is 1.86 bits per heavy atom. The van der Waals surface area contributed by atoms with E-state index in [9.17, 15) is 14.0 Å². The summed E-state index contributed by atoms with van der Waals surface area (Å²) in [5.41, 5.74) is 3.04. The average molecular weight is 491 g/mol. The van der Waals surface area contributed by atoms with Gasteiger partial charge in [0.25, 0.3) is 5.91 Å². The minimum Gasteiger partial charge on any atom is -0.486 e. The molecule has 1 fully saturated rings. The fraction of sp³-hybridized carbons (Fsp3) is 0.379. The van der Waals surface area contributed by atoms with E-state index in [-0.39, 0.29) is 42.0 Å². The van der Waals surface area contributed by atoms with Crippen LogP contribution < -0.4 is 10.1 Å². The Kier molecular flexibility index (Phi) is 7.07. The minimum absolute atomic E-state index is 0.0620. The van der Waals surface area contributed by atoms with E-state index in [1.54, 1.807) is 24.3 Å². The van der Waals surface area contributed by atoms with Gasteiger partial charge in [-0.15, -0.1) is 0 Å². The fourth-order valence-corrected chi connectivity index (χ4v) is 5.31. The molecule has 1 aliphatic heterocycles. The van der Waals surface area contributed by atoms with Gasteiger partial charge < -0.3 is 19.4 Å². The van der Waals surface area contributed by atoms with Crippen LogP contribution >= 0.6 is 0 Å². The first-order valence-electron chi connectivity index (χ1n) is 12.7. The van der Waals surface area contributed by atoms with Crippen LogP contribution in [0.1, 0.15) is 71.7 Å². The summed E-state index contributed by atoms with van der Waals surface area (Å²) in [5.74, 6) is 1.13.